The van der Waals surface area contributed by atoms with Gasteiger partial charge in [-0.25, -0.2) is 0 Å². The minimum Gasteiger partial charge on any atom is -0.549 e. The summed E-state index contributed by atoms with van der Waals surface area (Å²) in [4.78, 5) is 14.3. The normalized spacial score (nSPS) is 28.1. The van der Waals surface area contributed by atoms with Crippen molar-refractivity contribution in [1.82, 2.24) is 0 Å². The fraction of sp³-hybridized carbons (Fsp3) is 0.455. The van der Waals surface area contributed by atoms with E-state index in [9.17, 15) is 20.4 Å². The van der Waals surface area contributed by atoms with E-state index in [1.165, 1.54) is 4.90 Å². The molecule has 0 saturated heterocycles. The lowest BCUT2D eigenvalue weighted by Gasteiger charge is -2.48. The Balaban J connectivity index is 2.23. The first kappa shape index (κ1) is 21.1. The Labute approximate surface area is 175 Å². The van der Waals surface area contributed by atoms with Crippen LogP contribution in [0.4, 0.5) is 0 Å². The van der Waals surface area contributed by atoms with Crippen molar-refractivity contribution in [1.29, 1.82) is 15.9 Å². The highest BCUT2D eigenvalue weighted by Crippen LogP contribution is 2.52. The van der Waals surface area contributed by atoms with E-state index in [0.717, 1.165) is 10.5 Å². The number of nitrogens with zero attached hydrogens (tertiary/aromatic N) is 2. The van der Waals surface area contributed by atoms with Gasteiger partial charge in [-0.15, -0.1) is 11.8 Å². The van der Waals surface area contributed by atoms with Crippen LogP contribution < -0.4 is 10.0 Å². The Bertz CT molecular complexity index is 925. The number of quaternary nitrogens is 1. The molecule has 2 N–H and O–H groups in total. The van der Waals surface area contributed by atoms with Crippen LogP contribution in [0.25, 0.3) is 0 Å². The summed E-state index contributed by atoms with van der Waals surface area (Å²) in [6, 6.07) is 12.1. The van der Waals surface area contributed by atoms with Gasteiger partial charge in [0, 0.05) is 16.7 Å². The van der Waals surface area contributed by atoms with Gasteiger partial charge >= 0.3 is 0 Å². The Morgan fingerprint density at radius 2 is 1.93 bits per heavy atom. The number of hydrogen-bond donors (Lipinski definition) is 2. The summed E-state index contributed by atoms with van der Waals surface area (Å²) >= 11 is 1.59. The summed E-state index contributed by atoms with van der Waals surface area (Å²) in [5, 5.41) is 40.6. The number of carboxylic acids is 1. The molecule has 29 heavy (non-hydrogen) atoms. The highest BCUT2D eigenvalue weighted by atomic mass is 32.2. The Hall–Kier alpha value is -2.61. The first-order valence-corrected chi connectivity index (χ1v) is 10.8. The Morgan fingerprint density at radius 3 is 2.41 bits per heavy atom. The molecule has 1 saturated carbocycles. The van der Waals surface area contributed by atoms with Gasteiger partial charge in [0.1, 0.15) is 0 Å². The molecular formula is C22H24N4O2S. The molecule has 2 unspecified atom stereocenters. The minimum atomic E-state index is -1.84. The monoisotopic (exact) mass is 408 g/mol. The molecule has 4 atom stereocenters. The molecule has 0 aromatic heterocycles. The topological polar surface area (TPSA) is 116 Å². The van der Waals surface area contributed by atoms with Crippen LogP contribution >= 0.6 is 11.8 Å². The maximum Gasteiger partial charge on any atom is 0.189 e. The molecule has 1 aromatic rings. The SMILES string of the molecule is CSc1ccc([C@H]2[C@H]3C[NH+](C(C)C)CC=C3C(C(=O)[O-])C(=N)C2(C#N)C#N)cc1. The molecule has 0 radical (unpaired) electrons. The summed E-state index contributed by atoms with van der Waals surface area (Å²) in [7, 11) is 0. The Morgan fingerprint density at radius 1 is 1.31 bits per heavy atom. The predicted molar refractivity (Wildman–Crippen MR) is 108 cm³/mol. The number of benzene rings is 1. The van der Waals surface area contributed by atoms with Gasteiger partial charge in [-0.2, -0.15) is 10.5 Å². The molecule has 3 rings (SSSR count). The van der Waals surface area contributed by atoms with E-state index < -0.39 is 23.2 Å². The van der Waals surface area contributed by atoms with E-state index in [0.29, 0.717) is 24.7 Å². The summed E-state index contributed by atoms with van der Waals surface area (Å²) < 4.78 is 0. The number of nitrogens with one attached hydrogen (secondary N) is 2. The quantitative estimate of drug-likeness (QED) is 0.564. The standard InChI is InChI=1S/C22H24N4O2S/c1-13(2)26-9-8-16-17(10-26)19(14-4-6-15(29-3)7-5-14)22(11-23,12-24)20(25)18(16)21(27)28/h4-8,13,17-19,25H,9-10H2,1-3H3,(H,27,28)/t17-,18?,19-/m0/s1. The molecule has 0 amide bonds. The highest BCUT2D eigenvalue weighted by molar-refractivity contribution is 7.98. The van der Waals surface area contributed by atoms with Crippen LogP contribution in [0.15, 0.2) is 40.8 Å². The Kier molecular flexibility index (Phi) is 5.84. The summed E-state index contributed by atoms with van der Waals surface area (Å²) in [5.41, 5.74) is -0.822. The zero-order valence-electron chi connectivity index (χ0n) is 16.7. The molecule has 1 fully saturated rings. The molecule has 1 heterocycles. The number of hydrogen-bond acceptors (Lipinski definition) is 6. The minimum absolute atomic E-state index is 0.314. The second kappa shape index (κ2) is 8.02. The third-order valence-electron chi connectivity index (χ3n) is 6.31. The van der Waals surface area contributed by atoms with Gasteiger partial charge in [0.05, 0.1) is 48.9 Å². The van der Waals surface area contributed by atoms with Crippen molar-refractivity contribution in [2.45, 2.75) is 30.7 Å². The van der Waals surface area contributed by atoms with Crippen molar-refractivity contribution < 1.29 is 14.8 Å². The van der Waals surface area contributed by atoms with Crippen LogP contribution in [-0.2, 0) is 4.79 Å². The van der Waals surface area contributed by atoms with Gasteiger partial charge in [-0.1, -0.05) is 12.1 Å². The molecule has 2 aliphatic rings. The van der Waals surface area contributed by atoms with E-state index in [-0.39, 0.29) is 11.6 Å². The third-order valence-corrected chi connectivity index (χ3v) is 7.05. The average Bonchev–Trinajstić information content (AvgIpc) is 2.72. The van der Waals surface area contributed by atoms with E-state index in [1.807, 2.05) is 48.7 Å². The number of aliphatic carboxylic acids is 1. The van der Waals surface area contributed by atoms with Crippen molar-refractivity contribution in [2.75, 3.05) is 19.3 Å². The molecule has 1 aliphatic heterocycles. The highest BCUT2D eigenvalue weighted by Gasteiger charge is 2.58. The molecule has 0 spiro atoms. The number of thioether (sulfide) groups is 1. The molecule has 6 nitrogen and oxygen atoms in total. The van der Waals surface area contributed by atoms with Crippen molar-refractivity contribution in [2.24, 2.45) is 17.3 Å². The van der Waals surface area contributed by atoms with Crippen molar-refractivity contribution >= 4 is 23.4 Å². The molecule has 1 aromatic carbocycles. The second-order valence-electron chi connectivity index (χ2n) is 7.98. The molecule has 150 valence electrons. The van der Waals surface area contributed by atoms with E-state index in [1.54, 1.807) is 11.8 Å². The van der Waals surface area contributed by atoms with E-state index >= 15 is 0 Å². The van der Waals surface area contributed by atoms with Gasteiger partial charge in [0.2, 0.25) is 0 Å². The lowest BCUT2D eigenvalue weighted by atomic mass is 9.54. The number of fused-ring (bicyclic) bond motifs is 1. The number of rotatable bonds is 4. The predicted octanol–water partition coefficient (Wildman–Crippen LogP) is 0.775. The molecule has 1 aliphatic carbocycles. The molecular weight excluding hydrogens is 384 g/mol. The summed E-state index contributed by atoms with van der Waals surface area (Å²) in [6.07, 6.45) is 3.86. The first-order valence-electron chi connectivity index (χ1n) is 9.61. The van der Waals surface area contributed by atoms with Crippen molar-refractivity contribution in [3.05, 3.63) is 41.5 Å². The zero-order valence-corrected chi connectivity index (χ0v) is 17.5. The van der Waals surface area contributed by atoms with Crippen molar-refractivity contribution in [3.63, 3.8) is 0 Å². The van der Waals surface area contributed by atoms with Gasteiger partial charge in [0.15, 0.2) is 5.41 Å². The van der Waals surface area contributed by atoms with Crippen LogP contribution in [0.2, 0.25) is 0 Å². The maximum atomic E-state index is 12.0. The smallest absolute Gasteiger partial charge is 0.189 e. The van der Waals surface area contributed by atoms with Crippen LogP contribution in [0.3, 0.4) is 0 Å². The summed E-state index contributed by atoms with van der Waals surface area (Å²) in [5.74, 6) is -3.66. The lowest BCUT2D eigenvalue weighted by molar-refractivity contribution is -0.920. The molecule has 7 heteroatoms. The number of carbonyl (C=O) groups is 1. The number of nitriles is 2. The zero-order chi connectivity index (χ0) is 21.3. The van der Waals surface area contributed by atoms with Gasteiger partial charge < -0.3 is 20.2 Å². The fourth-order valence-electron chi connectivity index (χ4n) is 4.69. The second-order valence-corrected chi connectivity index (χ2v) is 8.86. The number of carboxylic acid groups (broad SMARTS) is 1. The largest absolute Gasteiger partial charge is 0.549 e. The van der Waals surface area contributed by atoms with E-state index in [2.05, 4.69) is 13.8 Å². The fourth-order valence-corrected chi connectivity index (χ4v) is 5.10. The number of carbonyl (C=O) groups excluding carboxylic acids is 1. The molecule has 0 bridgehead atoms. The van der Waals surface area contributed by atoms with Gasteiger partial charge in [0.25, 0.3) is 0 Å². The van der Waals surface area contributed by atoms with Gasteiger partial charge in [-0.3, -0.25) is 0 Å². The van der Waals surface area contributed by atoms with Gasteiger partial charge in [-0.05, 0) is 49.4 Å². The average molecular weight is 409 g/mol. The first-order chi connectivity index (χ1) is 13.8. The lowest BCUT2D eigenvalue weighted by Crippen LogP contribution is -3.16. The van der Waals surface area contributed by atoms with Crippen LogP contribution in [0.1, 0.15) is 25.3 Å². The van der Waals surface area contributed by atoms with Crippen LogP contribution in [0.5, 0.6) is 0 Å². The maximum absolute atomic E-state index is 12.0. The van der Waals surface area contributed by atoms with Crippen molar-refractivity contribution in [3.8, 4) is 12.1 Å². The van der Waals surface area contributed by atoms with Crippen LogP contribution in [-0.4, -0.2) is 37.1 Å². The third kappa shape index (κ3) is 3.35. The van der Waals surface area contributed by atoms with E-state index in [4.69, 9.17) is 5.41 Å². The van der Waals surface area contributed by atoms with Crippen LogP contribution in [0, 0.1) is 45.3 Å². The summed E-state index contributed by atoms with van der Waals surface area (Å²) in [6.45, 7) is 5.46.